The quantitative estimate of drug-likeness (QED) is 0.859. The second-order valence-corrected chi connectivity index (χ2v) is 5.67. The summed E-state index contributed by atoms with van der Waals surface area (Å²) in [6.07, 6.45) is 0. The van der Waals surface area contributed by atoms with E-state index in [9.17, 15) is 0 Å². The smallest absolute Gasteiger partial charge is 0.0931 e. The summed E-state index contributed by atoms with van der Waals surface area (Å²) in [5.41, 5.74) is 1.27. The number of nitrogens with one attached hydrogen (secondary N) is 1. The lowest BCUT2D eigenvalue weighted by atomic mass is 10.2. The van der Waals surface area contributed by atoms with Crippen molar-refractivity contribution in [2.45, 2.75) is 25.9 Å². The Balaban J connectivity index is 2.39. The zero-order chi connectivity index (χ0) is 11.4. The highest BCUT2D eigenvalue weighted by atomic mass is 35.5. The summed E-state index contributed by atoms with van der Waals surface area (Å²) in [6.45, 7) is 5.36. The normalized spacial score (nSPS) is 15.6. The molecule has 1 N–H and O–H groups in total. The van der Waals surface area contributed by atoms with Gasteiger partial charge in [0.05, 0.1) is 4.34 Å². The number of likely N-dealkylation sites (N-methyl/N-ethyl adjacent to an activating group) is 1. The fourth-order valence-corrected chi connectivity index (χ4v) is 2.18. The van der Waals surface area contributed by atoms with Crippen LogP contribution >= 0.6 is 22.9 Å². The second kappa shape index (κ2) is 5.85. The molecule has 0 aliphatic rings. The molecule has 0 fully saturated rings. The molecule has 1 aromatic heterocycles. The highest BCUT2D eigenvalue weighted by Gasteiger charge is 2.09. The minimum absolute atomic E-state index is 0.371. The van der Waals surface area contributed by atoms with Crippen LogP contribution in [0.1, 0.15) is 25.5 Å². The van der Waals surface area contributed by atoms with Gasteiger partial charge in [-0.1, -0.05) is 11.6 Å². The third-order valence-corrected chi connectivity index (χ3v) is 3.80. The van der Waals surface area contributed by atoms with E-state index >= 15 is 0 Å². The maximum atomic E-state index is 5.90. The molecule has 86 valence electrons. The van der Waals surface area contributed by atoms with Gasteiger partial charge < -0.3 is 10.2 Å². The summed E-state index contributed by atoms with van der Waals surface area (Å²) in [5.74, 6) is 0. The van der Waals surface area contributed by atoms with E-state index in [1.165, 1.54) is 5.56 Å². The van der Waals surface area contributed by atoms with Crippen LogP contribution in [0.25, 0.3) is 0 Å². The zero-order valence-corrected chi connectivity index (χ0v) is 11.3. The van der Waals surface area contributed by atoms with E-state index in [-0.39, 0.29) is 0 Å². The molecule has 0 saturated heterocycles. The standard InChI is InChI=1S/C11H19ClN2S/c1-8(14(3)4)6-13-9(2)10-5-11(12)15-7-10/h5,7-9,13H,6H2,1-4H3. The predicted molar refractivity (Wildman–Crippen MR) is 68.9 cm³/mol. The fraction of sp³-hybridized carbons (Fsp3) is 0.636. The van der Waals surface area contributed by atoms with E-state index in [2.05, 4.69) is 43.5 Å². The van der Waals surface area contributed by atoms with Gasteiger partial charge in [0.1, 0.15) is 0 Å². The first-order chi connectivity index (χ1) is 7.00. The fourth-order valence-electron chi connectivity index (χ4n) is 1.20. The molecule has 2 nitrogen and oxygen atoms in total. The van der Waals surface area contributed by atoms with Gasteiger partial charge in [0.15, 0.2) is 0 Å². The van der Waals surface area contributed by atoms with Crippen molar-refractivity contribution in [3.05, 3.63) is 21.3 Å². The average Bonchev–Trinajstić information content (AvgIpc) is 2.60. The summed E-state index contributed by atoms with van der Waals surface area (Å²) in [4.78, 5) is 2.21. The maximum absolute atomic E-state index is 5.90. The molecule has 1 rings (SSSR count). The van der Waals surface area contributed by atoms with Crippen molar-refractivity contribution in [1.29, 1.82) is 0 Å². The first-order valence-corrected chi connectivity index (χ1v) is 6.40. The molecule has 0 amide bonds. The van der Waals surface area contributed by atoms with Gasteiger partial charge in [-0.15, -0.1) is 11.3 Å². The Morgan fingerprint density at radius 3 is 2.60 bits per heavy atom. The number of nitrogens with zero attached hydrogens (tertiary/aromatic N) is 1. The molecule has 2 atom stereocenters. The second-order valence-electron chi connectivity index (χ2n) is 4.13. The van der Waals surface area contributed by atoms with Crippen molar-refractivity contribution in [3.63, 3.8) is 0 Å². The van der Waals surface area contributed by atoms with Crippen LogP contribution < -0.4 is 5.32 Å². The lowest BCUT2D eigenvalue weighted by Crippen LogP contribution is -2.36. The minimum Gasteiger partial charge on any atom is -0.309 e. The van der Waals surface area contributed by atoms with Crippen LogP contribution in [-0.2, 0) is 0 Å². The van der Waals surface area contributed by atoms with Crippen molar-refractivity contribution >= 4 is 22.9 Å². The SMILES string of the molecule is CC(NCC(C)N(C)C)c1csc(Cl)c1. The molecule has 2 unspecified atom stereocenters. The third-order valence-electron chi connectivity index (χ3n) is 2.69. The Labute approximate surface area is 101 Å². The van der Waals surface area contributed by atoms with E-state index in [1.54, 1.807) is 11.3 Å². The Morgan fingerprint density at radius 2 is 2.13 bits per heavy atom. The number of rotatable bonds is 5. The van der Waals surface area contributed by atoms with Crippen molar-refractivity contribution in [1.82, 2.24) is 10.2 Å². The highest BCUT2D eigenvalue weighted by Crippen LogP contribution is 2.24. The molecule has 0 aliphatic carbocycles. The molecule has 1 heterocycles. The summed E-state index contributed by atoms with van der Waals surface area (Å²) >= 11 is 7.49. The van der Waals surface area contributed by atoms with Crippen molar-refractivity contribution in [3.8, 4) is 0 Å². The van der Waals surface area contributed by atoms with Crippen LogP contribution in [0.15, 0.2) is 11.4 Å². The number of thiophene rings is 1. The Kier molecular flexibility index (Phi) is 5.06. The Bertz CT molecular complexity index is 299. The molecular weight excluding hydrogens is 228 g/mol. The number of hydrogen-bond acceptors (Lipinski definition) is 3. The van der Waals surface area contributed by atoms with E-state index in [1.807, 2.05) is 6.07 Å². The van der Waals surface area contributed by atoms with Gasteiger partial charge in [0, 0.05) is 18.6 Å². The molecule has 0 saturated carbocycles. The van der Waals surface area contributed by atoms with Gasteiger partial charge in [-0.2, -0.15) is 0 Å². The number of hydrogen-bond donors (Lipinski definition) is 1. The van der Waals surface area contributed by atoms with Gasteiger partial charge in [0.2, 0.25) is 0 Å². The van der Waals surface area contributed by atoms with E-state index in [4.69, 9.17) is 11.6 Å². The molecule has 0 radical (unpaired) electrons. The Hall–Kier alpha value is -0.0900. The highest BCUT2D eigenvalue weighted by molar-refractivity contribution is 7.14. The van der Waals surface area contributed by atoms with E-state index < -0.39 is 0 Å². The molecule has 0 bridgehead atoms. The van der Waals surface area contributed by atoms with E-state index in [0.29, 0.717) is 12.1 Å². The third kappa shape index (κ3) is 4.11. The zero-order valence-electron chi connectivity index (χ0n) is 9.75. The molecule has 4 heteroatoms. The summed E-state index contributed by atoms with van der Waals surface area (Å²) in [6, 6.07) is 2.95. The molecule has 0 aliphatic heterocycles. The van der Waals surface area contributed by atoms with Crippen LogP contribution in [0.2, 0.25) is 4.34 Å². The largest absolute Gasteiger partial charge is 0.309 e. The first kappa shape index (κ1) is 13.0. The summed E-state index contributed by atoms with van der Waals surface area (Å²) < 4.78 is 0.860. The van der Waals surface area contributed by atoms with Crippen LogP contribution in [0.4, 0.5) is 0 Å². The molecule has 1 aromatic rings. The molecule has 0 spiro atoms. The van der Waals surface area contributed by atoms with Crippen LogP contribution in [0.5, 0.6) is 0 Å². The lowest BCUT2D eigenvalue weighted by Gasteiger charge is -2.22. The Morgan fingerprint density at radius 1 is 1.47 bits per heavy atom. The van der Waals surface area contributed by atoms with Crippen LogP contribution in [0.3, 0.4) is 0 Å². The first-order valence-electron chi connectivity index (χ1n) is 5.14. The van der Waals surface area contributed by atoms with Crippen molar-refractivity contribution < 1.29 is 0 Å². The van der Waals surface area contributed by atoms with Gasteiger partial charge in [-0.3, -0.25) is 0 Å². The predicted octanol–water partition coefficient (Wildman–Crippen LogP) is 3.00. The number of halogens is 1. The van der Waals surface area contributed by atoms with Gasteiger partial charge >= 0.3 is 0 Å². The van der Waals surface area contributed by atoms with Gasteiger partial charge in [0.25, 0.3) is 0 Å². The topological polar surface area (TPSA) is 15.3 Å². The van der Waals surface area contributed by atoms with Crippen LogP contribution in [-0.4, -0.2) is 31.6 Å². The summed E-state index contributed by atoms with van der Waals surface area (Å²) in [5, 5.41) is 5.61. The van der Waals surface area contributed by atoms with Crippen LogP contribution in [0, 0.1) is 0 Å². The molecular formula is C11H19ClN2S. The van der Waals surface area contributed by atoms with Crippen molar-refractivity contribution in [2.24, 2.45) is 0 Å². The minimum atomic E-state index is 0.371. The van der Waals surface area contributed by atoms with Crippen molar-refractivity contribution in [2.75, 3.05) is 20.6 Å². The lowest BCUT2D eigenvalue weighted by molar-refractivity contribution is 0.296. The van der Waals surface area contributed by atoms with Gasteiger partial charge in [-0.05, 0) is 45.0 Å². The summed E-state index contributed by atoms with van der Waals surface area (Å²) in [7, 11) is 4.19. The van der Waals surface area contributed by atoms with Gasteiger partial charge in [-0.25, -0.2) is 0 Å². The monoisotopic (exact) mass is 246 g/mol. The molecule has 0 aromatic carbocycles. The van der Waals surface area contributed by atoms with E-state index in [0.717, 1.165) is 10.9 Å². The average molecular weight is 247 g/mol. The maximum Gasteiger partial charge on any atom is 0.0931 e. The molecule has 15 heavy (non-hydrogen) atoms.